The summed E-state index contributed by atoms with van der Waals surface area (Å²) >= 11 is 0. The molecule has 0 radical (unpaired) electrons. The van der Waals surface area contributed by atoms with Crippen molar-refractivity contribution in [3.63, 3.8) is 0 Å². The molecule has 150 valence electrons. The van der Waals surface area contributed by atoms with Crippen molar-refractivity contribution in [1.82, 2.24) is 0 Å². The largest absolute Gasteiger partial charge is 0.478 e. The maximum absolute atomic E-state index is 12.9. The summed E-state index contributed by atoms with van der Waals surface area (Å²) in [4.78, 5) is 35.3. The summed E-state index contributed by atoms with van der Waals surface area (Å²) in [6.45, 7) is 2.03. The highest BCUT2D eigenvalue weighted by Crippen LogP contribution is 2.34. The van der Waals surface area contributed by atoms with Gasteiger partial charge in [-0.2, -0.15) is 0 Å². The SMILES string of the molecule is Cc1cccc(/C=C2\CCc3c2oc2cc(NC(=O)/C=C\C(=O)O)ccc2c3=O)c1. The Morgan fingerprint density at radius 1 is 1.10 bits per heavy atom. The lowest BCUT2D eigenvalue weighted by Gasteiger charge is -2.07. The van der Waals surface area contributed by atoms with Crippen LogP contribution in [0.3, 0.4) is 0 Å². The van der Waals surface area contributed by atoms with Gasteiger partial charge in [0.25, 0.3) is 0 Å². The Labute approximate surface area is 172 Å². The van der Waals surface area contributed by atoms with Crippen LogP contribution in [0.2, 0.25) is 0 Å². The number of carboxylic acids is 1. The fourth-order valence-corrected chi connectivity index (χ4v) is 3.60. The second-order valence-corrected chi connectivity index (χ2v) is 7.19. The standard InChI is InChI=1S/C24H19NO5/c1-14-3-2-4-15(11-14)12-16-5-7-19-23(29)18-8-6-17(13-20(18)30-24(16)19)25-21(26)9-10-22(27)28/h2-4,6,8-13H,5,7H2,1H3,(H,25,26)(H,27,28)/b10-9-,16-12+. The Hall–Kier alpha value is -3.93. The number of allylic oxidation sites excluding steroid dienone is 1. The van der Waals surface area contributed by atoms with E-state index in [1.807, 2.05) is 31.2 Å². The molecule has 2 aromatic carbocycles. The quantitative estimate of drug-likeness (QED) is 0.640. The topological polar surface area (TPSA) is 96.6 Å². The Morgan fingerprint density at radius 3 is 2.70 bits per heavy atom. The highest BCUT2D eigenvalue weighted by atomic mass is 16.4. The molecule has 1 aliphatic rings. The minimum absolute atomic E-state index is 0.0671. The minimum atomic E-state index is -1.21. The second-order valence-electron chi connectivity index (χ2n) is 7.19. The maximum Gasteiger partial charge on any atom is 0.328 e. The van der Waals surface area contributed by atoms with Gasteiger partial charge in [0.1, 0.15) is 11.3 Å². The van der Waals surface area contributed by atoms with E-state index in [4.69, 9.17) is 9.52 Å². The average Bonchev–Trinajstić information content (AvgIpc) is 3.09. The van der Waals surface area contributed by atoms with Gasteiger partial charge in [-0.15, -0.1) is 0 Å². The number of fused-ring (bicyclic) bond motifs is 2. The van der Waals surface area contributed by atoms with E-state index in [0.717, 1.165) is 35.3 Å². The van der Waals surface area contributed by atoms with Gasteiger partial charge in [0, 0.05) is 29.5 Å². The van der Waals surface area contributed by atoms with Crippen molar-refractivity contribution in [2.24, 2.45) is 0 Å². The van der Waals surface area contributed by atoms with Gasteiger partial charge in [0.2, 0.25) is 5.91 Å². The van der Waals surface area contributed by atoms with E-state index >= 15 is 0 Å². The van der Waals surface area contributed by atoms with E-state index in [-0.39, 0.29) is 5.43 Å². The number of anilines is 1. The van der Waals surface area contributed by atoms with Crippen LogP contribution in [0.1, 0.15) is 28.9 Å². The number of aryl methyl sites for hydroxylation is 1. The van der Waals surface area contributed by atoms with Crippen LogP contribution in [-0.4, -0.2) is 17.0 Å². The van der Waals surface area contributed by atoms with Gasteiger partial charge in [-0.25, -0.2) is 4.79 Å². The van der Waals surface area contributed by atoms with Crippen molar-refractivity contribution in [1.29, 1.82) is 0 Å². The summed E-state index contributed by atoms with van der Waals surface area (Å²) in [6.07, 6.45) is 5.07. The molecule has 0 spiro atoms. The zero-order valence-corrected chi connectivity index (χ0v) is 16.3. The molecule has 1 aromatic heterocycles. The number of rotatable bonds is 4. The minimum Gasteiger partial charge on any atom is -0.478 e. The summed E-state index contributed by atoms with van der Waals surface area (Å²) in [5.74, 6) is -1.21. The number of carbonyl (C=O) groups is 2. The number of nitrogens with one attached hydrogen (secondary N) is 1. The first kappa shape index (κ1) is 19.4. The number of aliphatic carboxylic acids is 1. The molecule has 0 saturated heterocycles. The Balaban J connectivity index is 1.72. The predicted molar refractivity (Wildman–Crippen MR) is 115 cm³/mol. The maximum atomic E-state index is 12.9. The van der Waals surface area contributed by atoms with Gasteiger partial charge < -0.3 is 14.8 Å². The zero-order chi connectivity index (χ0) is 21.3. The van der Waals surface area contributed by atoms with Crippen LogP contribution in [0.4, 0.5) is 5.69 Å². The van der Waals surface area contributed by atoms with Gasteiger partial charge in [-0.05, 0) is 49.1 Å². The van der Waals surface area contributed by atoms with Crippen LogP contribution < -0.4 is 10.7 Å². The van der Waals surface area contributed by atoms with Crippen molar-refractivity contribution in [3.05, 3.63) is 87.3 Å². The Morgan fingerprint density at radius 2 is 1.93 bits per heavy atom. The molecule has 0 aliphatic heterocycles. The van der Waals surface area contributed by atoms with Crippen LogP contribution >= 0.6 is 0 Å². The lowest BCUT2D eigenvalue weighted by Crippen LogP contribution is -2.11. The van der Waals surface area contributed by atoms with Crippen LogP contribution in [0, 0.1) is 6.92 Å². The van der Waals surface area contributed by atoms with E-state index in [1.54, 1.807) is 18.2 Å². The molecule has 6 nitrogen and oxygen atoms in total. The molecule has 6 heteroatoms. The first-order valence-electron chi connectivity index (χ1n) is 9.50. The molecule has 0 atom stereocenters. The summed E-state index contributed by atoms with van der Waals surface area (Å²) in [7, 11) is 0. The Kier molecular flexibility index (Phi) is 5.06. The van der Waals surface area contributed by atoms with E-state index in [2.05, 4.69) is 11.4 Å². The predicted octanol–water partition coefficient (Wildman–Crippen LogP) is 4.17. The number of amides is 1. The third-order valence-corrected chi connectivity index (χ3v) is 4.95. The van der Waals surface area contributed by atoms with Gasteiger partial charge in [0.05, 0.1) is 5.39 Å². The summed E-state index contributed by atoms with van der Waals surface area (Å²) in [6, 6.07) is 12.9. The molecule has 1 amide bonds. The molecule has 1 heterocycles. The van der Waals surface area contributed by atoms with Crippen molar-refractivity contribution in [2.45, 2.75) is 19.8 Å². The second kappa shape index (κ2) is 7.83. The Bertz CT molecular complexity index is 1300. The van der Waals surface area contributed by atoms with Gasteiger partial charge >= 0.3 is 5.97 Å². The van der Waals surface area contributed by atoms with E-state index in [9.17, 15) is 14.4 Å². The van der Waals surface area contributed by atoms with Gasteiger partial charge in [0.15, 0.2) is 5.43 Å². The van der Waals surface area contributed by atoms with Crippen molar-refractivity contribution < 1.29 is 19.1 Å². The number of carbonyl (C=O) groups excluding carboxylic acids is 1. The number of hydrogen-bond donors (Lipinski definition) is 2. The van der Waals surface area contributed by atoms with E-state index in [0.29, 0.717) is 34.4 Å². The summed E-state index contributed by atoms with van der Waals surface area (Å²) in [5, 5.41) is 11.6. The monoisotopic (exact) mass is 401 g/mol. The van der Waals surface area contributed by atoms with Gasteiger partial charge in [-0.3, -0.25) is 9.59 Å². The zero-order valence-electron chi connectivity index (χ0n) is 16.3. The fourth-order valence-electron chi connectivity index (χ4n) is 3.60. The molecule has 1 aliphatic carbocycles. The average molecular weight is 401 g/mol. The fraction of sp³-hybridized carbons (Fsp3) is 0.125. The molecule has 2 N–H and O–H groups in total. The molecular weight excluding hydrogens is 382 g/mol. The van der Waals surface area contributed by atoms with Crippen molar-refractivity contribution in [3.8, 4) is 0 Å². The van der Waals surface area contributed by atoms with Crippen molar-refractivity contribution >= 4 is 40.2 Å². The smallest absolute Gasteiger partial charge is 0.328 e. The third-order valence-electron chi connectivity index (χ3n) is 4.95. The lowest BCUT2D eigenvalue weighted by molar-refractivity contribution is -0.131. The number of benzene rings is 2. The molecule has 30 heavy (non-hydrogen) atoms. The van der Waals surface area contributed by atoms with Crippen LogP contribution in [0.5, 0.6) is 0 Å². The van der Waals surface area contributed by atoms with E-state index in [1.165, 1.54) is 0 Å². The van der Waals surface area contributed by atoms with Crippen LogP contribution in [0.25, 0.3) is 22.6 Å². The number of hydrogen-bond acceptors (Lipinski definition) is 4. The van der Waals surface area contributed by atoms with E-state index < -0.39 is 11.9 Å². The first-order chi connectivity index (χ1) is 14.4. The third kappa shape index (κ3) is 3.93. The molecule has 0 bridgehead atoms. The molecule has 3 aromatic rings. The first-order valence-corrected chi connectivity index (χ1v) is 9.50. The van der Waals surface area contributed by atoms with Crippen LogP contribution in [0.15, 0.2) is 63.8 Å². The molecular formula is C24H19NO5. The summed E-state index contributed by atoms with van der Waals surface area (Å²) < 4.78 is 6.09. The molecule has 0 saturated carbocycles. The highest BCUT2D eigenvalue weighted by molar-refractivity contribution is 6.03. The highest BCUT2D eigenvalue weighted by Gasteiger charge is 2.24. The molecule has 0 unspecified atom stereocenters. The number of carboxylic acid groups (broad SMARTS) is 1. The van der Waals surface area contributed by atoms with Crippen molar-refractivity contribution in [2.75, 3.05) is 5.32 Å². The molecule has 4 rings (SSSR count). The summed E-state index contributed by atoms with van der Waals surface area (Å²) in [5.41, 5.74) is 4.55. The molecule has 0 fully saturated rings. The van der Waals surface area contributed by atoms with Crippen LogP contribution in [-0.2, 0) is 16.0 Å². The van der Waals surface area contributed by atoms with Gasteiger partial charge in [-0.1, -0.05) is 29.8 Å². The lowest BCUT2D eigenvalue weighted by atomic mass is 10.1. The normalized spacial score (nSPS) is 14.4.